The van der Waals surface area contributed by atoms with Gasteiger partial charge in [0.15, 0.2) is 23.8 Å². The molecular weight excluding hydrogens is 664 g/mol. The molecule has 51 heavy (non-hydrogen) atoms. The number of hydrogen-bond acceptors (Lipinski definition) is 12. The number of nitrogens with one attached hydrogen (secondary N) is 2. The van der Waals surface area contributed by atoms with Crippen molar-refractivity contribution in [2.45, 2.75) is 214 Å². The summed E-state index contributed by atoms with van der Waals surface area (Å²) in [6, 6.07) is 0. The number of amides is 2. The fourth-order valence-electron chi connectivity index (χ4n) is 5.60. The van der Waals surface area contributed by atoms with Crippen LogP contribution in [0.5, 0.6) is 0 Å². The third kappa shape index (κ3) is 11.5. The number of unbranched alkanes of at least 4 members (excludes halogenated alkanes) is 7. The minimum Gasteiger partial charge on any atom is -0.384 e. The Morgan fingerprint density at radius 1 is 0.510 bits per heavy atom. The maximum absolute atomic E-state index is 12.3. The Labute approximate surface area is 309 Å². The van der Waals surface area contributed by atoms with E-state index in [1.165, 1.54) is 53.0 Å². The van der Waals surface area contributed by atoms with Crippen molar-refractivity contribution in [2.75, 3.05) is 13.6 Å². The van der Waals surface area contributed by atoms with Crippen LogP contribution in [-0.4, -0.2) is 124 Å². The average Bonchev–Trinajstić information content (AvgIpc) is 2.97. The number of hydrogen-bond donors (Lipinski definition) is 10. The van der Waals surface area contributed by atoms with Gasteiger partial charge in [-0.2, -0.15) is 0 Å². The molecule has 6 unspecified atom stereocenters. The predicted octanol–water partition coefficient (Wildman–Crippen LogP) is 3.02. The lowest BCUT2D eigenvalue weighted by Gasteiger charge is -2.59. The van der Waals surface area contributed by atoms with E-state index in [2.05, 4.69) is 31.4 Å². The molecule has 0 spiro atoms. The van der Waals surface area contributed by atoms with Gasteiger partial charge in [-0.05, 0) is 61.8 Å². The first-order valence-electron chi connectivity index (χ1n) is 17.2. The van der Waals surface area contributed by atoms with Gasteiger partial charge in [0, 0.05) is 13.6 Å². The van der Waals surface area contributed by atoms with E-state index in [1.807, 2.05) is 0 Å². The monoisotopic (exact) mass is 745 g/mol. The van der Waals surface area contributed by atoms with E-state index in [1.54, 1.807) is 0 Å². The molecule has 0 aromatic carbocycles. The van der Waals surface area contributed by atoms with Gasteiger partial charge < -0.3 is 61.0 Å². The molecule has 0 aliphatic carbocycles. The Hall–Kier alpha value is -1.46. The molecule has 10 N–H and O–H groups in total. The molecule has 2 aliphatic heterocycles. The molecule has 2 aliphatic rings. The van der Waals surface area contributed by atoms with Crippen LogP contribution in [0.4, 0.5) is 0 Å². The van der Waals surface area contributed by atoms with E-state index in [-0.39, 0.29) is 22.3 Å². The zero-order chi connectivity index (χ0) is 38.2. The van der Waals surface area contributed by atoms with Gasteiger partial charge in [0.1, 0.15) is 33.6 Å². The Morgan fingerprint density at radius 3 is 1.10 bits per heavy atom. The van der Waals surface area contributed by atoms with Crippen LogP contribution in [0.15, 0.2) is 0 Å². The van der Waals surface area contributed by atoms with Crippen molar-refractivity contribution >= 4 is 11.8 Å². The van der Waals surface area contributed by atoms with Gasteiger partial charge in [-0.3, -0.25) is 9.59 Å². The van der Waals surface area contributed by atoms with Crippen LogP contribution in [-0.2, 0) is 19.1 Å². The summed E-state index contributed by atoms with van der Waals surface area (Å²) < 4.78 is 10.3. The number of carbonyl (C=O) groups excluding carboxylic acids is 2. The van der Waals surface area contributed by atoms with Gasteiger partial charge in [-0.15, -0.1) is 0 Å². The van der Waals surface area contributed by atoms with Crippen LogP contribution < -0.4 is 10.6 Å². The van der Waals surface area contributed by atoms with Crippen LogP contribution in [0.1, 0.15) is 156 Å². The first-order chi connectivity index (χ1) is 21.6. The fourth-order valence-corrected chi connectivity index (χ4v) is 5.60. The van der Waals surface area contributed by atoms with Gasteiger partial charge in [0.05, 0.1) is 0 Å². The summed E-state index contributed by atoms with van der Waals surface area (Å²) in [6.07, 6.45) is 7.89. The molecule has 0 aromatic rings. The first-order valence-corrected chi connectivity index (χ1v) is 17.2. The van der Waals surface area contributed by atoms with Gasteiger partial charge in [-0.1, -0.05) is 94.4 Å². The molecule has 2 fully saturated rings. The molecule has 0 aromatic heterocycles. The third-order valence-electron chi connectivity index (χ3n) is 10.6. The van der Waals surface area contributed by atoms with Gasteiger partial charge in [0.25, 0.3) is 11.8 Å². The highest BCUT2D eigenvalue weighted by Gasteiger charge is 2.72. The van der Waals surface area contributed by atoms with Gasteiger partial charge in [0.2, 0.25) is 0 Å². The molecule has 0 radical (unpaired) electrons. The normalized spacial score (nSPS) is 39.9. The lowest BCUT2D eigenvalue weighted by Crippen LogP contribution is -2.82. The fraction of sp³-hybridized carbons (Fsp3) is 0.946. The Kier molecular flexibility index (Phi) is 23.0. The highest BCUT2D eigenvalue weighted by molar-refractivity contribution is 5.83. The molecule has 14 nitrogen and oxygen atoms in total. The number of likely N-dealkylation sites (N-methyl/N-ethyl adjacent to an activating group) is 1. The molecule has 310 valence electrons. The molecule has 0 bridgehead atoms. The molecule has 2 saturated heterocycles. The second kappa shape index (κ2) is 20.8. The second-order valence-electron chi connectivity index (χ2n) is 14.6. The second-order valence-corrected chi connectivity index (χ2v) is 14.6. The molecular formula is C37H80N2O12. The molecule has 2 heterocycles. The molecule has 10 atom stereocenters. The van der Waals surface area contributed by atoms with Crippen LogP contribution in [0, 0.1) is 0 Å². The topological polar surface area (TPSA) is 238 Å². The van der Waals surface area contributed by atoms with E-state index in [4.69, 9.17) is 9.47 Å². The summed E-state index contributed by atoms with van der Waals surface area (Å²) >= 11 is 0. The van der Waals surface area contributed by atoms with Crippen molar-refractivity contribution in [3.8, 4) is 0 Å². The Morgan fingerprint density at radius 2 is 0.804 bits per heavy atom. The summed E-state index contributed by atoms with van der Waals surface area (Å²) in [5, 5.41) is 87.8. The van der Waals surface area contributed by atoms with Crippen molar-refractivity contribution in [1.29, 1.82) is 0 Å². The van der Waals surface area contributed by atoms with E-state index in [0.717, 1.165) is 67.2 Å². The van der Waals surface area contributed by atoms with Gasteiger partial charge in [-0.25, -0.2) is 0 Å². The average molecular weight is 745 g/mol. The Balaban J connectivity index is -0.000000353. The smallest absolute Gasteiger partial charge is 0.252 e. The zero-order valence-electron chi connectivity index (χ0n) is 31.4. The van der Waals surface area contributed by atoms with Crippen LogP contribution >= 0.6 is 0 Å². The highest BCUT2D eigenvalue weighted by Crippen LogP contribution is 2.49. The number of carbonyl (C=O) groups is 2. The third-order valence-corrected chi connectivity index (χ3v) is 10.6. The van der Waals surface area contributed by atoms with E-state index < -0.39 is 69.2 Å². The summed E-state index contributed by atoms with van der Waals surface area (Å²) in [5.74, 6) is -5.75. The number of aliphatic hydroxyl groups is 8. The molecule has 0 saturated carbocycles. The lowest BCUT2D eigenvalue weighted by molar-refractivity contribution is -0.414. The van der Waals surface area contributed by atoms with Crippen molar-refractivity contribution < 1.29 is 59.9 Å². The minimum absolute atomic E-state index is 0. The van der Waals surface area contributed by atoms with Crippen LogP contribution in [0.25, 0.3) is 0 Å². The maximum atomic E-state index is 12.3. The molecule has 2 rings (SSSR count). The minimum atomic E-state index is -2.21. The number of rotatable bonds is 11. The number of ether oxygens (including phenoxy) is 2. The first kappa shape index (κ1) is 56.3. The summed E-state index contributed by atoms with van der Waals surface area (Å²) in [6.45, 7) is 16.2. The van der Waals surface area contributed by atoms with Crippen molar-refractivity contribution in [3.63, 3.8) is 0 Å². The van der Waals surface area contributed by atoms with Crippen molar-refractivity contribution in [3.05, 3.63) is 0 Å². The molecule has 2 amide bonds. The van der Waals surface area contributed by atoms with Gasteiger partial charge >= 0.3 is 0 Å². The quantitative estimate of drug-likeness (QED) is 0.138. The molecule has 14 heteroatoms. The Bertz CT molecular complexity index is 1020. The highest BCUT2D eigenvalue weighted by atomic mass is 16.7. The predicted molar refractivity (Wildman–Crippen MR) is 201 cm³/mol. The van der Waals surface area contributed by atoms with Crippen LogP contribution in [0.3, 0.4) is 0 Å². The van der Waals surface area contributed by atoms with Crippen molar-refractivity contribution in [2.24, 2.45) is 0 Å². The largest absolute Gasteiger partial charge is 0.384 e. The summed E-state index contributed by atoms with van der Waals surface area (Å²) in [5.41, 5.74) is -12.9. The SMILES string of the molecule is C.C.C.CCCCCCC.CCCCCCNC(=O)C1O[C@@](C)(O)C(C)(O)C(C)(O)[C@]1(C)O.CNC(=O)C1O[C@@](C)(O)C(C)(O)C(C)(O)[C@]1(C)O. The van der Waals surface area contributed by atoms with E-state index in [0.29, 0.717) is 6.54 Å². The standard InChI is InChI=1S/C16H31NO6.C11H21NO6.C7H16.3CH4/c1-6-7-8-9-10-17-12(18)11-13(2,19)14(3,20)15(4,21)16(5,22)23-11;1-8(14)6(7(13)12-5)18-11(4,17)10(3,16)9(8,2)15;1-3-5-7-6-4-2;;;/h11,19-22H,6-10H2,1-5H3,(H,17,18);6,14-17H,1-5H3,(H,12,13);3-7H2,1-2H3;3*1H4/t11?,13-,14?,15?,16-;6?,8-,9?,10?,11-;;;;/m11..../s1. The zero-order valence-corrected chi connectivity index (χ0v) is 31.4. The summed E-state index contributed by atoms with van der Waals surface area (Å²) in [4.78, 5) is 24.0. The van der Waals surface area contributed by atoms with Crippen molar-refractivity contribution in [1.82, 2.24) is 10.6 Å². The van der Waals surface area contributed by atoms with E-state index >= 15 is 0 Å². The van der Waals surface area contributed by atoms with Crippen LogP contribution in [0.2, 0.25) is 0 Å². The lowest BCUT2D eigenvalue weighted by atomic mass is 9.65. The maximum Gasteiger partial charge on any atom is 0.252 e. The van der Waals surface area contributed by atoms with E-state index in [9.17, 15) is 50.4 Å². The summed E-state index contributed by atoms with van der Waals surface area (Å²) in [7, 11) is 1.33.